The molecule has 2 unspecified atom stereocenters. The van der Waals surface area contributed by atoms with Crippen LogP contribution in [-0.2, 0) is 9.59 Å². The number of amides is 1. The Bertz CT molecular complexity index is 659. The zero-order valence-corrected chi connectivity index (χ0v) is 12.1. The largest absolute Gasteiger partial charge is 0.481 e. The Balaban J connectivity index is 2.16. The molecule has 2 atom stereocenters. The lowest BCUT2D eigenvalue weighted by atomic mass is 9.82. The summed E-state index contributed by atoms with van der Waals surface area (Å²) in [5.41, 5.74) is 0.0305. The first-order valence-corrected chi connectivity index (χ1v) is 6.90. The summed E-state index contributed by atoms with van der Waals surface area (Å²) in [6.45, 7) is 0. The van der Waals surface area contributed by atoms with Crippen molar-refractivity contribution in [3.05, 3.63) is 45.5 Å². The Labute approximate surface area is 130 Å². The molecule has 1 aliphatic carbocycles. The van der Waals surface area contributed by atoms with E-state index in [1.165, 1.54) is 12.1 Å². The van der Waals surface area contributed by atoms with Gasteiger partial charge in [0.05, 0.1) is 27.5 Å². The van der Waals surface area contributed by atoms with Gasteiger partial charge in [0, 0.05) is 12.1 Å². The van der Waals surface area contributed by atoms with E-state index in [-0.39, 0.29) is 16.4 Å². The second-order valence-corrected chi connectivity index (χ2v) is 5.31. The predicted molar refractivity (Wildman–Crippen MR) is 79.7 cm³/mol. The van der Waals surface area contributed by atoms with E-state index in [1.54, 1.807) is 12.2 Å². The van der Waals surface area contributed by atoms with Crippen molar-refractivity contribution in [2.24, 2.45) is 11.8 Å². The molecule has 0 aliphatic heterocycles. The third-order valence-electron chi connectivity index (χ3n) is 3.51. The van der Waals surface area contributed by atoms with Crippen LogP contribution in [0.3, 0.4) is 0 Å². The van der Waals surface area contributed by atoms with Crippen molar-refractivity contribution >= 4 is 34.9 Å². The molecule has 0 heterocycles. The first-order valence-electron chi connectivity index (χ1n) is 6.52. The van der Waals surface area contributed by atoms with Gasteiger partial charge in [-0.15, -0.1) is 0 Å². The number of hydrogen-bond donors (Lipinski definition) is 2. The van der Waals surface area contributed by atoms with Crippen LogP contribution in [0.5, 0.6) is 0 Å². The lowest BCUT2D eigenvalue weighted by Crippen LogP contribution is -2.34. The van der Waals surface area contributed by atoms with Crippen LogP contribution in [0, 0.1) is 22.0 Å². The first-order chi connectivity index (χ1) is 10.4. The lowest BCUT2D eigenvalue weighted by molar-refractivity contribution is -0.384. The lowest BCUT2D eigenvalue weighted by Gasteiger charge is -2.24. The van der Waals surface area contributed by atoms with Gasteiger partial charge in [-0.2, -0.15) is 0 Å². The highest BCUT2D eigenvalue weighted by Gasteiger charge is 2.34. The van der Waals surface area contributed by atoms with Crippen molar-refractivity contribution in [1.82, 2.24) is 0 Å². The van der Waals surface area contributed by atoms with Crippen LogP contribution in [0.4, 0.5) is 11.4 Å². The van der Waals surface area contributed by atoms with Gasteiger partial charge in [0.15, 0.2) is 0 Å². The SMILES string of the molecule is O=C(O)C1CC=CCC1C(=O)Nc1ccc([N+](=O)[O-])cc1Cl. The normalized spacial score (nSPS) is 20.4. The number of aliphatic carboxylic acids is 1. The van der Waals surface area contributed by atoms with Crippen molar-refractivity contribution in [2.45, 2.75) is 12.8 Å². The Morgan fingerprint density at radius 2 is 1.91 bits per heavy atom. The van der Waals surface area contributed by atoms with Crippen molar-refractivity contribution in [2.75, 3.05) is 5.32 Å². The van der Waals surface area contributed by atoms with E-state index in [0.29, 0.717) is 12.8 Å². The smallest absolute Gasteiger partial charge is 0.307 e. The minimum absolute atomic E-state index is 0.0285. The van der Waals surface area contributed by atoms with E-state index in [9.17, 15) is 19.7 Å². The third-order valence-corrected chi connectivity index (χ3v) is 3.82. The molecule has 0 aromatic heterocycles. The monoisotopic (exact) mass is 324 g/mol. The molecule has 7 nitrogen and oxygen atoms in total. The Morgan fingerprint density at radius 3 is 2.45 bits per heavy atom. The van der Waals surface area contributed by atoms with Gasteiger partial charge in [-0.05, 0) is 18.9 Å². The number of nitro groups is 1. The number of hydrogen-bond acceptors (Lipinski definition) is 4. The highest BCUT2D eigenvalue weighted by molar-refractivity contribution is 6.34. The predicted octanol–water partition coefficient (Wildman–Crippen LogP) is 2.85. The van der Waals surface area contributed by atoms with Crippen LogP contribution in [-0.4, -0.2) is 21.9 Å². The van der Waals surface area contributed by atoms with Crippen molar-refractivity contribution in [1.29, 1.82) is 0 Å². The van der Waals surface area contributed by atoms with E-state index >= 15 is 0 Å². The summed E-state index contributed by atoms with van der Waals surface area (Å²) in [6, 6.07) is 3.68. The number of carboxylic acids is 1. The quantitative estimate of drug-likeness (QED) is 0.502. The summed E-state index contributed by atoms with van der Waals surface area (Å²) in [6.07, 6.45) is 4.12. The molecule has 2 N–H and O–H groups in total. The molecular weight excluding hydrogens is 312 g/mol. The van der Waals surface area contributed by atoms with Crippen LogP contribution in [0.25, 0.3) is 0 Å². The zero-order chi connectivity index (χ0) is 16.3. The van der Waals surface area contributed by atoms with Crippen molar-refractivity contribution in [3.8, 4) is 0 Å². The van der Waals surface area contributed by atoms with E-state index < -0.39 is 28.6 Å². The number of carbonyl (C=O) groups is 2. The van der Waals surface area contributed by atoms with Crippen molar-refractivity contribution < 1.29 is 19.6 Å². The first kappa shape index (κ1) is 16.0. The number of carbonyl (C=O) groups excluding carboxylic acids is 1. The molecule has 0 radical (unpaired) electrons. The van der Waals surface area contributed by atoms with Gasteiger partial charge in [0.1, 0.15) is 0 Å². The highest BCUT2D eigenvalue weighted by Crippen LogP contribution is 2.30. The number of anilines is 1. The third kappa shape index (κ3) is 3.43. The van der Waals surface area contributed by atoms with E-state index in [4.69, 9.17) is 16.7 Å². The summed E-state index contributed by atoms with van der Waals surface area (Å²) < 4.78 is 0. The van der Waals surface area contributed by atoms with Gasteiger partial charge in [-0.25, -0.2) is 0 Å². The topological polar surface area (TPSA) is 110 Å². The second-order valence-electron chi connectivity index (χ2n) is 4.90. The molecule has 0 fully saturated rings. The molecule has 1 aromatic carbocycles. The zero-order valence-electron chi connectivity index (χ0n) is 11.4. The number of nitrogens with one attached hydrogen (secondary N) is 1. The van der Waals surface area contributed by atoms with Gasteiger partial charge in [0.2, 0.25) is 5.91 Å². The maximum atomic E-state index is 12.3. The summed E-state index contributed by atoms with van der Waals surface area (Å²) >= 11 is 5.91. The van der Waals surface area contributed by atoms with E-state index in [0.717, 1.165) is 6.07 Å². The minimum atomic E-state index is -1.03. The standard InChI is InChI=1S/C14H13ClN2O5/c15-11-7-8(17(21)22)5-6-12(11)16-13(18)9-3-1-2-4-10(9)14(19)20/h1-2,5-7,9-10H,3-4H2,(H,16,18)(H,19,20). The Hall–Kier alpha value is -2.41. The van der Waals surface area contributed by atoms with E-state index in [1.807, 2.05) is 0 Å². The molecule has 1 aromatic rings. The van der Waals surface area contributed by atoms with Gasteiger partial charge in [-0.3, -0.25) is 19.7 Å². The minimum Gasteiger partial charge on any atom is -0.481 e. The highest BCUT2D eigenvalue weighted by atomic mass is 35.5. The fourth-order valence-electron chi connectivity index (χ4n) is 2.32. The van der Waals surface area contributed by atoms with Gasteiger partial charge in [-0.1, -0.05) is 23.8 Å². The molecule has 8 heteroatoms. The average Bonchev–Trinajstić information content (AvgIpc) is 2.48. The fraction of sp³-hybridized carbons (Fsp3) is 0.286. The van der Waals surface area contributed by atoms with Crippen LogP contribution >= 0.6 is 11.6 Å². The number of rotatable bonds is 4. The second kappa shape index (κ2) is 6.57. The number of carboxylic acid groups (broad SMARTS) is 1. The number of nitrogens with zero attached hydrogens (tertiary/aromatic N) is 1. The number of nitro benzene ring substituents is 1. The molecular formula is C14H13ClN2O5. The molecule has 0 bridgehead atoms. The van der Waals surface area contributed by atoms with Crippen LogP contribution < -0.4 is 5.32 Å². The van der Waals surface area contributed by atoms with Crippen LogP contribution in [0.2, 0.25) is 5.02 Å². The molecule has 22 heavy (non-hydrogen) atoms. The number of allylic oxidation sites excluding steroid dienone is 2. The van der Waals surface area contributed by atoms with Crippen molar-refractivity contribution in [3.63, 3.8) is 0 Å². The number of halogens is 1. The summed E-state index contributed by atoms with van der Waals surface area (Å²) in [5, 5.41) is 22.4. The van der Waals surface area contributed by atoms with Crippen LogP contribution in [0.1, 0.15) is 12.8 Å². The molecule has 1 aliphatic rings. The molecule has 116 valence electrons. The number of non-ortho nitro benzene ring substituents is 1. The molecule has 2 rings (SSSR count). The average molecular weight is 325 g/mol. The van der Waals surface area contributed by atoms with Gasteiger partial charge < -0.3 is 10.4 Å². The Kier molecular flexibility index (Phi) is 4.77. The molecule has 0 spiro atoms. The van der Waals surface area contributed by atoms with Gasteiger partial charge >= 0.3 is 5.97 Å². The molecule has 0 saturated carbocycles. The molecule has 1 amide bonds. The van der Waals surface area contributed by atoms with E-state index in [2.05, 4.69) is 5.32 Å². The summed E-state index contributed by atoms with van der Waals surface area (Å²) in [4.78, 5) is 33.5. The fourth-order valence-corrected chi connectivity index (χ4v) is 2.54. The molecule has 0 saturated heterocycles. The van der Waals surface area contributed by atoms with Gasteiger partial charge in [0.25, 0.3) is 5.69 Å². The maximum Gasteiger partial charge on any atom is 0.307 e. The van der Waals surface area contributed by atoms with Crippen LogP contribution in [0.15, 0.2) is 30.4 Å². The Morgan fingerprint density at radius 1 is 1.27 bits per heavy atom. The number of benzene rings is 1. The maximum absolute atomic E-state index is 12.3. The summed E-state index contributed by atoms with van der Waals surface area (Å²) in [5.74, 6) is -2.98. The summed E-state index contributed by atoms with van der Waals surface area (Å²) in [7, 11) is 0.